The summed E-state index contributed by atoms with van der Waals surface area (Å²) in [7, 11) is 0. The Hall–Kier alpha value is -1.98. The number of aromatic amines is 1. The molecule has 2 aromatic rings. The van der Waals surface area contributed by atoms with Crippen molar-refractivity contribution in [1.82, 2.24) is 20.1 Å². The first-order chi connectivity index (χ1) is 8.34. The predicted molar refractivity (Wildman–Crippen MR) is 58.1 cm³/mol. The van der Waals surface area contributed by atoms with Crippen molar-refractivity contribution in [3.05, 3.63) is 18.3 Å². The van der Waals surface area contributed by atoms with E-state index in [0.717, 1.165) is 19.3 Å². The van der Waals surface area contributed by atoms with Crippen molar-refractivity contribution in [2.24, 2.45) is 0 Å². The highest BCUT2D eigenvalue weighted by atomic mass is 16.5. The molecule has 0 amide bonds. The number of carbonyl (C=O) groups excluding carboxylic acids is 1. The molecule has 2 aromatic heterocycles. The molecule has 0 radical (unpaired) electrons. The fraction of sp³-hybridized carbons (Fsp3) is 0.455. The van der Waals surface area contributed by atoms with Crippen LogP contribution in [0.5, 0.6) is 0 Å². The molecule has 0 saturated heterocycles. The fourth-order valence-corrected chi connectivity index (χ4v) is 2.10. The van der Waals surface area contributed by atoms with Crippen LogP contribution in [0, 0.1) is 0 Å². The number of rotatable bonds is 2. The second kappa shape index (κ2) is 4.12. The minimum atomic E-state index is -0.222. The van der Waals surface area contributed by atoms with Crippen LogP contribution in [0.25, 0.3) is 11.6 Å². The van der Waals surface area contributed by atoms with E-state index in [0.29, 0.717) is 24.0 Å². The van der Waals surface area contributed by atoms with E-state index in [4.69, 9.17) is 4.52 Å². The SMILES string of the molecule is O=C1CCCCC1c1nc(-c2ncc[nH]2)no1. The summed E-state index contributed by atoms with van der Waals surface area (Å²) in [5.41, 5.74) is 0. The van der Waals surface area contributed by atoms with Gasteiger partial charge in [0.2, 0.25) is 11.7 Å². The molecule has 17 heavy (non-hydrogen) atoms. The minimum Gasteiger partial charge on any atom is -0.342 e. The first-order valence-corrected chi connectivity index (χ1v) is 5.70. The predicted octanol–water partition coefficient (Wildman–Crippen LogP) is 1.69. The van der Waals surface area contributed by atoms with Gasteiger partial charge >= 0.3 is 0 Å². The largest absolute Gasteiger partial charge is 0.342 e. The zero-order valence-corrected chi connectivity index (χ0v) is 9.22. The van der Waals surface area contributed by atoms with Crippen LogP contribution in [0.2, 0.25) is 0 Å². The summed E-state index contributed by atoms with van der Waals surface area (Å²) in [6.45, 7) is 0. The van der Waals surface area contributed by atoms with Gasteiger partial charge in [0, 0.05) is 18.8 Å². The maximum Gasteiger partial charge on any atom is 0.238 e. The number of Topliss-reactive ketones (excluding diaryl/α,β-unsaturated/α-hetero) is 1. The van der Waals surface area contributed by atoms with Crippen LogP contribution < -0.4 is 0 Å². The summed E-state index contributed by atoms with van der Waals surface area (Å²) in [4.78, 5) is 22.9. The molecule has 1 fully saturated rings. The molecule has 0 aliphatic heterocycles. The Balaban J connectivity index is 1.87. The standard InChI is InChI=1S/C11H12N4O2/c16-8-4-2-1-3-7(8)11-14-10(15-17-11)9-12-5-6-13-9/h5-7H,1-4H2,(H,12,13). The van der Waals surface area contributed by atoms with Gasteiger partial charge < -0.3 is 9.51 Å². The average Bonchev–Trinajstić information content (AvgIpc) is 3.00. The molecule has 88 valence electrons. The Morgan fingerprint density at radius 3 is 3.12 bits per heavy atom. The lowest BCUT2D eigenvalue weighted by Crippen LogP contribution is -2.17. The molecule has 0 aromatic carbocycles. The van der Waals surface area contributed by atoms with Crippen LogP contribution in [0.1, 0.15) is 37.5 Å². The molecule has 6 heteroatoms. The Kier molecular flexibility index (Phi) is 2.47. The summed E-state index contributed by atoms with van der Waals surface area (Å²) in [6.07, 6.45) is 6.74. The molecular weight excluding hydrogens is 220 g/mol. The maximum atomic E-state index is 11.7. The molecule has 0 spiro atoms. The zero-order valence-electron chi connectivity index (χ0n) is 9.22. The highest BCUT2D eigenvalue weighted by Crippen LogP contribution is 2.29. The lowest BCUT2D eigenvalue weighted by molar-refractivity contribution is -0.122. The number of ketones is 1. The van der Waals surface area contributed by atoms with Crippen molar-refractivity contribution in [3.63, 3.8) is 0 Å². The maximum absolute atomic E-state index is 11.7. The number of H-pyrrole nitrogens is 1. The van der Waals surface area contributed by atoms with Crippen molar-refractivity contribution in [2.45, 2.75) is 31.6 Å². The van der Waals surface area contributed by atoms with Gasteiger partial charge in [0.05, 0.1) is 5.92 Å². The second-order valence-corrected chi connectivity index (χ2v) is 4.16. The Labute approximate surface area is 97.4 Å². The summed E-state index contributed by atoms with van der Waals surface area (Å²) in [6, 6.07) is 0. The number of imidazole rings is 1. The van der Waals surface area contributed by atoms with Gasteiger partial charge in [0.1, 0.15) is 5.78 Å². The molecule has 2 heterocycles. The first kappa shape index (κ1) is 10.2. The monoisotopic (exact) mass is 232 g/mol. The molecule has 0 bridgehead atoms. The van der Waals surface area contributed by atoms with Gasteiger partial charge in [-0.1, -0.05) is 11.6 Å². The summed E-state index contributed by atoms with van der Waals surface area (Å²) >= 11 is 0. The molecular formula is C11H12N4O2. The number of nitrogens with one attached hydrogen (secondary N) is 1. The number of carbonyl (C=O) groups is 1. The van der Waals surface area contributed by atoms with Crippen LogP contribution >= 0.6 is 0 Å². The smallest absolute Gasteiger partial charge is 0.238 e. The molecule has 1 N–H and O–H groups in total. The molecule has 1 atom stereocenters. The molecule has 1 saturated carbocycles. The van der Waals surface area contributed by atoms with E-state index in [1.807, 2.05) is 0 Å². The third-order valence-electron chi connectivity index (χ3n) is 3.00. The van der Waals surface area contributed by atoms with Crippen LogP contribution in [-0.2, 0) is 4.79 Å². The highest BCUT2D eigenvalue weighted by molar-refractivity contribution is 5.85. The quantitative estimate of drug-likeness (QED) is 0.851. The zero-order chi connectivity index (χ0) is 11.7. The minimum absolute atomic E-state index is 0.200. The van der Waals surface area contributed by atoms with Crippen LogP contribution in [0.15, 0.2) is 16.9 Å². The summed E-state index contributed by atoms with van der Waals surface area (Å²) in [5, 5.41) is 3.84. The van der Waals surface area contributed by atoms with E-state index in [1.165, 1.54) is 0 Å². The van der Waals surface area contributed by atoms with E-state index >= 15 is 0 Å². The third-order valence-corrected chi connectivity index (χ3v) is 3.00. The average molecular weight is 232 g/mol. The van der Waals surface area contributed by atoms with E-state index in [2.05, 4.69) is 20.1 Å². The molecule has 1 aliphatic carbocycles. The number of nitrogens with zero attached hydrogens (tertiary/aromatic N) is 3. The van der Waals surface area contributed by atoms with Gasteiger partial charge in [-0.05, 0) is 12.8 Å². The highest BCUT2D eigenvalue weighted by Gasteiger charge is 2.29. The van der Waals surface area contributed by atoms with E-state index in [9.17, 15) is 4.79 Å². The normalized spacial score (nSPS) is 20.7. The fourth-order valence-electron chi connectivity index (χ4n) is 2.10. The van der Waals surface area contributed by atoms with E-state index < -0.39 is 0 Å². The van der Waals surface area contributed by atoms with Crippen molar-refractivity contribution >= 4 is 5.78 Å². The Morgan fingerprint density at radius 2 is 2.35 bits per heavy atom. The van der Waals surface area contributed by atoms with Crippen molar-refractivity contribution in [1.29, 1.82) is 0 Å². The number of hydrogen-bond donors (Lipinski definition) is 1. The van der Waals surface area contributed by atoms with Crippen molar-refractivity contribution in [2.75, 3.05) is 0 Å². The van der Waals surface area contributed by atoms with Gasteiger partial charge in [-0.25, -0.2) is 4.98 Å². The second-order valence-electron chi connectivity index (χ2n) is 4.16. The molecule has 1 aliphatic rings. The van der Waals surface area contributed by atoms with Crippen LogP contribution in [0.3, 0.4) is 0 Å². The first-order valence-electron chi connectivity index (χ1n) is 5.70. The van der Waals surface area contributed by atoms with Gasteiger partial charge in [0.15, 0.2) is 5.82 Å². The Morgan fingerprint density at radius 1 is 1.41 bits per heavy atom. The molecule has 3 rings (SSSR count). The number of aromatic nitrogens is 4. The molecule has 6 nitrogen and oxygen atoms in total. The third kappa shape index (κ3) is 1.86. The van der Waals surface area contributed by atoms with Gasteiger partial charge in [0.25, 0.3) is 0 Å². The summed E-state index contributed by atoms with van der Waals surface area (Å²) < 4.78 is 5.16. The van der Waals surface area contributed by atoms with Crippen LogP contribution in [-0.4, -0.2) is 25.9 Å². The van der Waals surface area contributed by atoms with Crippen molar-refractivity contribution < 1.29 is 9.32 Å². The topological polar surface area (TPSA) is 84.7 Å². The van der Waals surface area contributed by atoms with E-state index in [1.54, 1.807) is 12.4 Å². The number of hydrogen-bond acceptors (Lipinski definition) is 5. The Bertz CT molecular complexity index is 517. The van der Waals surface area contributed by atoms with Gasteiger partial charge in [-0.15, -0.1) is 0 Å². The van der Waals surface area contributed by atoms with E-state index in [-0.39, 0.29) is 11.7 Å². The lowest BCUT2D eigenvalue weighted by atomic mass is 9.88. The van der Waals surface area contributed by atoms with Gasteiger partial charge in [-0.2, -0.15) is 4.98 Å². The van der Waals surface area contributed by atoms with Crippen LogP contribution in [0.4, 0.5) is 0 Å². The molecule has 1 unspecified atom stereocenters. The van der Waals surface area contributed by atoms with Crippen molar-refractivity contribution in [3.8, 4) is 11.6 Å². The van der Waals surface area contributed by atoms with Gasteiger partial charge in [-0.3, -0.25) is 4.79 Å². The lowest BCUT2D eigenvalue weighted by Gasteiger charge is -2.16. The summed E-state index contributed by atoms with van der Waals surface area (Å²) in [5.74, 6) is 1.36.